The molecule has 1 aliphatic heterocycles. The molecule has 0 spiro atoms. The van der Waals surface area contributed by atoms with Crippen LogP contribution in [0, 0.1) is 6.92 Å². The lowest BCUT2D eigenvalue weighted by molar-refractivity contribution is 0.0725. The number of amides is 1. The van der Waals surface area contributed by atoms with Gasteiger partial charge in [-0.05, 0) is 37.5 Å². The first-order chi connectivity index (χ1) is 11.2. The molecule has 0 radical (unpaired) electrons. The molecule has 1 heterocycles. The van der Waals surface area contributed by atoms with E-state index in [0.29, 0.717) is 13.2 Å². The standard InChI is InChI=1S/C20H23NO2/c1-3-12-23-19-9-5-8-18-17(19)10-11-21(20(18)22)14-16-7-4-6-15(2)13-16/h4-9,13H,3,10-12,14H2,1-2H3. The van der Waals surface area contributed by atoms with Crippen LogP contribution in [0.4, 0.5) is 0 Å². The quantitative estimate of drug-likeness (QED) is 0.836. The van der Waals surface area contributed by atoms with Crippen molar-refractivity contribution in [2.75, 3.05) is 13.2 Å². The van der Waals surface area contributed by atoms with E-state index in [9.17, 15) is 4.79 Å². The predicted molar refractivity (Wildman–Crippen MR) is 91.9 cm³/mol. The number of hydrogen-bond donors (Lipinski definition) is 0. The summed E-state index contributed by atoms with van der Waals surface area (Å²) >= 11 is 0. The molecule has 0 atom stereocenters. The lowest BCUT2D eigenvalue weighted by Crippen LogP contribution is -2.37. The lowest BCUT2D eigenvalue weighted by Gasteiger charge is -2.29. The van der Waals surface area contributed by atoms with E-state index in [2.05, 4.69) is 32.0 Å². The summed E-state index contributed by atoms with van der Waals surface area (Å²) in [5.41, 5.74) is 4.26. The largest absolute Gasteiger partial charge is 0.493 e. The molecule has 1 aliphatic rings. The number of carbonyl (C=O) groups excluding carboxylic acids is 1. The molecule has 0 saturated carbocycles. The number of aryl methyl sites for hydroxylation is 1. The number of fused-ring (bicyclic) bond motifs is 1. The second-order valence-electron chi connectivity index (χ2n) is 6.10. The number of carbonyl (C=O) groups is 1. The van der Waals surface area contributed by atoms with E-state index in [1.807, 2.05) is 29.2 Å². The average Bonchev–Trinajstić information content (AvgIpc) is 2.56. The SMILES string of the molecule is CCCOc1cccc2c1CCN(Cc1cccc(C)c1)C2=O. The zero-order valence-electron chi connectivity index (χ0n) is 13.8. The molecule has 0 bridgehead atoms. The summed E-state index contributed by atoms with van der Waals surface area (Å²) in [6, 6.07) is 14.1. The van der Waals surface area contributed by atoms with Crippen molar-refractivity contribution in [1.82, 2.24) is 4.90 Å². The van der Waals surface area contributed by atoms with Crippen LogP contribution in [-0.4, -0.2) is 24.0 Å². The van der Waals surface area contributed by atoms with E-state index in [-0.39, 0.29) is 5.91 Å². The minimum atomic E-state index is 0.106. The fraction of sp³-hybridized carbons (Fsp3) is 0.350. The summed E-state index contributed by atoms with van der Waals surface area (Å²) in [4.78, 5) is 14.7. The first-order valence-corrected chi connectivity index (χ1v) is 8.28. The van der Waals surface area contributed by atoms with E-state index in [1.165, 1.54) is 11.1 Å². The maximum atomic E-state index is 12.8. The van der Waals surface area contributed by atoms with Gasteiger partial charge in [0.1, 0.15) is 5.75 Å². The fourth-order valence-corrected chi connectivity index (χ4v) is 3.07. The molecule has 0 N–H and O–H groups in total. The normalized spacial score (nSPS) is 13.8. The molecule has 0 fully saturated rings. The highest BCUT2D eigenvalue weighted by Gasteiger charge is 2.26. The highest BCUT2D eigenvalue weighted by Crippen LogP contribution is 2.29. The van der Waals surface area contributed by atoms with Gasteiger partial charge in [-0.15, -0.1) is 0 Å². The van der Waals surface area contributed by atoms with Crippen molar-refractivity contribution >= 4 is 5.91 Å². The minimum absolute atomic E-state index is 0.106. The molecule has 2 aromatic rings. The van der Waals surface area contributed by atoms with Gasteiger partial charge in [0.05, 0.1) is 6.61 Å². The second-order valence-corrected chi connectivity index (χ2v) is 6.10. The molecule has 3 rings (SSSR count). The third-order valence-electron chi connectivity index (χ3n) is 4.20. The van der Waals surface area contributed by atoms with Crippen molar-refractivity contribution in [2.45, 2.75) is 33.2 Å². The van der Waals surface area contributed by atoms with Crippen molar-refractivity contribution in [2.24, 2.45) is 0 Å². The molecule has 0 aliphatic carbocycles. The molecular weight excluding hydrogens is 286 g/mol. The monoisotopic (exact) mass is 309 g/mol. The smallest absolute Gasteiger partial charge is 0.254 e. The average molecular weight is 309 g/mol. The van der Waals surface area contributed by atoms with Crippen LogP contribution in [-0.2, 0) is 13.0 Å². The minimum Gasteiger partial charge on any atom is -0.493 e. The Labute approximate surface area is 137 Å². The molecule has 3 heteroatoms. The van der Waals surface area contributed by atoms with Crippen molar-refractivity contribution in [3.05, 3.63) is 64.7 Å². The van der Waals surface area contributed by atoms with E-state index < -0.39 is 0 Å². The molecule has 3 nitrogen and oxygen atoms in total. The van der Waals surface area contributed by atoms with E-state index in [4.69, 9.17) is 4.74 Å². The Balaban J connectivity index is 1.81. The number of hydrogen-bond acceptors (Lipinski definition) is 2. The van der Waals surface area contributed by atoms with Crippen molar-refractivity contribution in [3.63, 3.8) is 0 Å². The first-order valence-electron chi connectivity index (χ1n) is 8.28. The van der Waals surface area contributed by atoms with E-state index >= 15 is 0 Å². The van der Waals surface area contributed by atoms with Gasteiger partial charge in [0.2, 0.25) is 0 Å². The summed E-state index contributed by atoms with van der Waals surface area (Å²) in [7, 11) is 0. The van der Waals surface area contributed by atoms with Gasteiger partial charge in [-0.25, -0.2) is 0 Å². The Morgan fingerprint density at radius 3 is 2.78 bits per heavy atom. The predicted octanol–water partition coefficient (Wildman–Crippen LogP) is 3.98. The molecule has 0 aromatic heterocycles. The first kappa shape index (κ1) is 15.6. The highest BCUT2D eigenvalue weighted by atomic mass is 16.5. The maximum absolute atomic E-state index is 12.8. The highest BCUT2D eigenvalue weighted by molar-refractivity contribution is 5.97. The van der Waals surface area contributed by atoms with Crippen LogP contribution >= 0.6 is 0 Å². The topological polar surface area (TPSA) is 29.5 Å². The summed E-state index contributed by atoms with van der Waals surface area (Å²) in [6.07, 6.45) is 1.82. The van der Waals surface area contributed by atoms with Gasteiger partial charge in [0.15, 0.2) is 0 Å². The Morgan fingerprint density at radius 1 is 1.17 bits per heavy atom. The van der Waals surface area contributed by atoms with Gasteiger partial charge >= 0.3 is 0 Å². The third kappa shape index (κ3) is 3.39. The Hall–Kier alpha value is -2.29. The van der Waals surface area contributed by atoms with Gasteiger partial charge in [-0.2, -0.15) is 0 Å². The van der Waals surface area contributed by atoms with Crippen molar-refractivity contribution in [3.8, 4) is 5.75 Å². The lowest BCUT2D eigenvalue weighted by atomic mass is 9.97. The molecule has 23 heavy (non-hydrogen) atoms. The van der Waals surface area contributed by atoms with Crippen LogP contribution in [0.1, 0.15) is 40.4 Å². The van der Waals surface area contributed by atoms with Gasteiger partial charge in [-0.1, -0.05) is 42.8 Å². The number of rotatable bonds is 5. The molecule has 0 saturated heterocycles. The van der Waals surface area contributed by atoms with Crippen LogP contribution in [0.25, 0.3) is 0 Å². The Kier molecular flexibility index (Phi) is 4.65. The summed E-state index contributed by atoms with van der Waals surface area (Å²) in [5.74, 6) is 0.975. The van der Waals surface area contributed by atoms with Crippen molar-refractivity contribution < 1.29 is 9.53 Å². The van der Waals surface area contributed by atoms with Crippen LogP contribution in [0.15, 0.2) is 42.5 Å². The zero-order chi connectivity index (χ0) is 16.2. The van der Waals surface area contributed by atoms with Gasteiger partial charge in [-0.3, -0.25) is 4.79 Å². The summed E-state index contributed by atoms with van der Waals surface area (Å²) < 4.78 is 5.80. The number of benzene rings is 2. The van der Waals surface area contributed by atoms with Crippen LogP contribution < -0.4 is 4.74 Å². The molecule has 1 amide bonds. The van der Waals surface area contributed by atoms with E-state index in [1.54, 1.807) is 0 Å². The summed E-state index contributed by atoms with van der Waals surface area (Å²) in [6.45, 7) is 6.27. The third-order valence-corrected chi connectivity index (χ3v) is 4.20. The Morgan fingerprint density at radius 2 is 2.00 bits per heavy atom. The summed E-state index contributed by atoms with van der Waals surface area (Å²) in [5, 5.41) is 0. The van der Waals surface area contributed by atoms with Gasteiger partial charge in [0, 0.05) is 24.2 Å². The number of nitrogens with zero attached hydrogens (tertiary/aromatic N) is 1. The van der Waals surface area contributed by atoms with Gasteiger partial charge in [0.25, 0.3) is 5.91 Å². The van der Waals surface area contributed by atoms with Crippen LogP contribution in [0.5, 0.6) is 5.75 Å². The van der Waals surface area contributed by atoms with E-state index in [0.717, 1.165) is 36.3 Å². The van der Waals surface area contributed by atoms with Crippen LogP contribution in [0.2, 0.25) is 0 Å². The molecule has 2 aromatic carbocycles. The molecule has 120 valence electrons. The fourth-order valence-electron chi connectivity index (χ4n) is 3.07. The Bertz CT molecular complexity index is 709. The maximum Gasteiger partial charge on any atom is 0.254 e. The van der Waals surface area contributed by atoms with Gasteiger partial charge < -0.3 is 9.64 Å². The molecule has 0 unspecified atom stereocenters. The van der Waals surface area contributed by atoms with Crippen molar-refractivity contribution in [1.29, 1.82) is 0 Å². The molecular formula is C20H23NO2. The zero-order valence-corrected chi connectivity index (χ0v) is 13.8. The second kappa shape index (κ2) is 6.86. The van der Waals surface area contributed by atoms with Crippen LogP contribution in [0.3, 0.4) is 0 Å². The number of ether oxygens (including phenoxy) is 1.